The van der Waals surface area contributed by atoms with Gasteiger partial charge in [-0.2, -0.15) is 0 Å². The number of nitrogens with zero attached hydrogens (tertiary/aromatic N) is 5. The van der Waals surface area contributed by atoms with Crippen LogP contribution >= 0.6 is 0 Å². The summed E-state index contributed by atoms with van der Waals surface area (Å²) >= 11 is 0. The van der Waals surface area contributed by atoms with Gasteiger partial charge in [0.25, 0.3) is 0 Å². The van der Waals surface area contributed by atoms with E-state index in [2.05, 4.69) is 38.4 Å². The van der Waals surface area contributed by atoms with Gasteiger partial charge in [-0.05, 0) is 26.2 Å². The topological polar surface area (TPSA) is 56.1 Å². The van der Waals surface area contributed by atoms with Crippen LogP contribution in [0.4, 0.5) is 5.82 Å². The zero-order valence-corrected chi connectivity index (χ0v) is 13.5. The second-order valence-electron chi connectivity index (χ2n) is 6.57. The van der Waals surface area contributed by atoms with Crippen LogP contribution in [-0.4, -0.2) is 45.8 Å². The minimum absolute atomic E-state index is 0.327. The summed E-state index contributed by atoms with van der Waals surface area (Å²) < 4.78 is 7.75. The van der Waals surface area contributed by atoms with Crippen LogP contribution in [0.5, 0.6) is 0 Å². The third kappa shape index (κ3) is 1.67. The first kappa shape index (κ1) is 13.9. The zero-order chi connectivity index (χ0) is 15.3. The van der Waals surface area contributed by atoms with Crippen molar-refractivity contribution in [2.45, 2.75) is 51.3 Å². The Balaban J connectivity index is 1.69. The Bertz CT molecular complexity index is 693. The summed E-state index contributed by atoms with van der Waals surface area (Å²) in [5, 5.41) is 0. The van der Waals surface area contributed by atoms with Gasteiger partial charge < -0.3 is 14.2 Å². The Kier molecular flexibility index (Phi) is 3.11. The summed E-state index contributed by atoms with van der Waals surface area (Å²) in [7, 11) is 3.98. The number of aromatic nitrogens is 4. The fourth-order valence-corrected chi connectivity index (χ4v) is 4.35. The molecule has 2 aromatic rings. The molecular formula is C16H23N5O. The molecule has 6 heteroatoms. The first-order valence-electron chi connectivity index (χ1n) is 8.12. The average Bonchev–Trinajstić information content (AvgIpc) is 2.87. The van der Waals surface area contributed by atoms with Crippen LogP contribution in [0.15, 0.2) is 12.7 Å². The lowest BCUT2D eigenvalue weighted by Crippen LogP contribution is -2.67. The molecule has 2 fully saturated rings. The molecule has 0 N–H and O–H groups in total. The minimum atomic E-state index is 0.327. The maximum atomic E-state index is 5.69. The molecule has 2 aliphatic rings. The van der Waals surface area contributed by atoms with Crippen molar-refractivity contribution >= 4 is 17.0 Å². The maximum Gasteiger partial charge on any atom is 0.165 e. The summed E-state index contributed by atoms with van der Waals surface area (Å²) in [6, 6.07) is 0.496. The summed E-state index contributed by atoms with van der Waals surface area (Å²) in [6.45, 7) is 2.97. The van der Waals surface area contributed by atoms with E-state index in [4.69, 9.17) is 4.74 Å². The van der Waals surface area contributed by atoms with Gasteiger partial charge in [-0.25, -0.2) is 15.0 Å². The number of imidazole rings is 1. The molecule has 2 saturated carbocycles. The summed E-state index contributed by atoms with van der Waals surface area (Å²) in [5.41, 5.74) is 2.15. The normalized spacial score (nSPS) is 26.0. The van der Waals surface area contributed by atoms with E-state index < -0.39 is 0 Å². The highest BCUT2D eigenvalue weighted by Gasteiger charge is 2.60. The minimum Gasteiger partial charge on any atom is -0.381 e. The second kappa shape index (κ2) is 4.91. The standard InChI is InChI=1S/C16H23N5O/c1-4-21-10-19-13-14(17-9-18-15(13)21)20(2)11-8-12(22-3)16(11)6-5-7-16/h9-12H,4-8H2,1-3H3/t11-,12-/m0/s1. The molecule has 0 unspecified atom stereocenters. The number of ether oxygens (including phenoxy) is 1. The van der Waals surface area contributed by atoms with Crippen LogP contribution in [0.3, 0.4) is 0 Å². The Morgan fingerprint density at radius 3 is 2.82 bits per heavy atom. The first-order chi connectivity index (χ1) is 10.7. The largest absolute Gasteiger partial charge is 0.381 e. The Morgan fingerprint density at radius 1 is 1.36 bits per heavy atom. The van der Waals surface area contributed by atoms with Crippen LogP contribution in [0, 0.1) is 5.41 Å². The van der Waals surface area contributed by atoms with E-state index in [0.717, 1.165) is 29.9 Å². The monoisotopic (exact) mass is 301 g/mol. The van der Waals surface area contributed by atoms with Crippen LogP contribution in [0.25, 0.3) is 11.2 Å². The van der Waals surface area contributed by atoms with E-state index in [1.54, 1.807) is 6.33 Å². The molecule has 0 amide bonds. The molecule has 2 aromatic heterocycles. The Labute approximate surface area is 130 Å². The quantitative estimate of drug-likeness (QED) is 0.867. The van der Waals surface area contributed by atoms with E-state index >= 15 is 0 Å². The molecule has 2 aliphatic carbocycles. The molecular weight excluding hydrogens is 278 g/mol. The van der Waals surface area contributed by atoms with Gasteiger partial charge >= 0.3 is 0 Å². The van der Waals surface area contributed by atoms with Crippen LogP contribution in [-0.2, 0) is 11.3 Å². The molecule has 0 aromatic carbocycles. The van der Waals surface area contributed by atoms with Crippen molar-refractivity contribution in [1.82, 2.24) is 19.5 Å². The predicted molar refractivity (Wildman–Crippen MR) is 84.9 cm³/mol. The number of methoxy groups -OCH3 is 1. The molecule has 0 radical (unpaired) electrons. The highest BCUT2D eigenvalue weighted by Crippen LogP contribution is 2.59. The molecule has 118 valence electrons. The van der Waals surface area contributed by atoms with E-state index in [1.165, 1.54) is 19.3 Å². The number of hydrogen-bond donors (Lipinski definition) is 0. The molecule has 6 nitrogen and oxygen atoms in total. The molecule has 1 spiro atoms. The Morgan fingerprint density at radius 2 is 2.18 bits per heavy atom. The van der Waals surface area contributed by atoms with Crippen molar-refractivity contribution in [3.63, 3.8) is 0 Å². The van der Waals surface area contributed by atoms with Gasteiger partial charge in [0.15, 0.2) is 17.0 Å². The molecule has 0 aliphatic heterocycles. The summed E-state index contributed by atoms with van der Waals surface area (Å²) in [5.74, 6) is 0.947. The van der Waals surface area contributed by atoms with Crippen molar-refractivity contribution in [3.8, 4) is 0 Å². The van der Waals surface area contributed by atoms with Crippen molar-refractivity contribution in [1.29, 1.82) is 0 Å². The van der Waals surface area contributed by atoms with Crippen LogP contribution in [0.1, 0.15) is 32.6 Å². The lowest BCUT2D eigenvalue weighted by atomic mass is 9.50. The maximum absolute atomic E-state index is 5.69. The van der Waals surface area contributed by atoms with Crippen LogP contribution in [0.2, 0.25) is 0 Å². The number of hydrogen-bond acceptors (Lipinski definition) is 5. The average molecular weight is 301 g/mol. The molecule has 0 saturated heterocycles. The molecule has 2 heterocycles. The van der Waals surface area contributed by atoms with Gasteiger partial charge in [0, 0.05) is 32.2 Å². The van der Waals surface area contributed by atoms with Gasteiger partial charge in [0.2, 0.25) is 0 Å². The van der Waals surface area contributed by atoms with Gasteiger partial charge in [-0.3, -0.25) is 0 Å². The SMILES string of the molecule is CCn1cnc2c(N(C)[C@H]3C[C@H](OC)C34CCC4)ncnc21. The van der Waals surface area contributed by atoms with Crippen molar-refractivity contribution in [3.05, 3.63) is 12.7 Å². The highest BCUT2D eigenvalue weighted by atomic mass is 16.5. The molecule has 22 heavy (non-hydrogen) atoms. The van der Waals surface area contributed by atoms with Crippen molar-refractivity contribution in [2.24, 2.45) is 5.41 Å². The van der Waals surface area contributed by atoms with E-state index in [1.807, 2.05) is 13.4 Å². The smallest absolute Gasteiger partial charge is 0.165 e. The second-order valence-corrected chi connectivity index (χ2v) is 6.57. The summed E-state index contributed by atoms with van der Waals surface area (Å²) in [4.78, 5) is 15.8. The van der Waals surface area contributed by atoms with Gasteiger partial charge in [-0.15, -0.1) is 0 Å². The van der Waals surface area contributed by atoms with Crippen LogP contribution < -0.4 is 4.90 Å². The number of anilines is 1. The molecule has 2 atom stereocenters. The first-order valence-corrected chi connectivity index (χ1v) is 8.12. The highest BCUT2D eigenvalue weighted by molar-refractivity contribution is 5.83. The fourth-order valence-electron chi connectivity index (χ4n) is 4.35. The lowest BCUT2D eigenvalue weighted by Gasteiger charge is -2.63. The zero-order valence-electron chi connectivity index (χ0n) is 13.5. The lowest BCUT2D eigenvalue weighted by molar-refractivity contribution is -0.152. The van der Waals surface area contributed by atoms with Gasteiger partial charge in [0.05, 0.1) is 12.4 Å². The van der Waals surface area contributed by atoms with E-state index in [9.17, 15) is 0 Å². The van der Waals surface area contributed by atoms with E-state index in [0.29, 0.717) is 17.6 Å². The van der Waals surface area contributed by atoms with Crippen molar-refractivity contribution < 1.29 is 4.74 Å². The number of fused-ring (bicyclic) bond motifs is 1. The number of aryl methyl sites for hydroxylation is 1. The molecule has 0 bridgehead atoms. The Hall–Kier alpha value is -1.69. The third-order valence-corrected chi connectivity index (χ3v) is 5.84. The fraction of sp³-hybridized carbons (Fsp3) is 0.688. The summed E-state index contributed by atoms with van der Waals surface area (Å²) in [6.07, 6.45) is 8.83. The molecule has 4 rings (SSSR count). The number of rotatable bonds is 4. The predicted octanol–water partition coefficient (Wildman–Crippen LogP) is 2.24. The van der Waals surface area contributed by atoms with Gasteiger partial charge in [0.1, 0.15) is 6.33 Å². The van der Waals surface area contributed by atoms with E-state index in [-0.39, 0.29) is 0 Å². The van der Waals surface area contributed by atoms with Gasteiger partial charge in [-0.1, -0.05) is 6.42 Å². The van der Waals surface area contributed by atoms with Crippen molar-refractivity contribution in [2.75, 3.05) is 19.1 Å². The third-order valence-electron chi connectivity index (χ3n) is 5.84.